The van der Waals surface area contributed by atoms with Gasteiger partial charge in [-0.25, -0.2) is 13.1 Å². The van der Waals surface area contributed by atoms with Crippen LogP contribution < -0.4 is 9.83 Å². The van der Waals surface area contributed by atoms with E-state index in [1.54, 1.807) is 0 Å². The van der Waals surface area contributed by atoms with E-state index in [0.29, 0.717) is 5.92 Å². The fourth-order valence-corrected chi connectivity index (χ4v) is 4.21. The molecule has 2 rings (SSSR count). The van der Waals surface area contributed by atoms with Gasteiger partial charge in [-0.05, 0) is 36.0 Å². The number of carbonyl (C=O) groups is 1. The molecule has 116 valence electrons. The highest BCUT2D eigenvalue weighted by atomic mass is 32.2. The van der Waals surface area contributed by atoms with Crippen LogP contribution in [0.3, 0.4) is 0 Å². The van der Waals surface area contributed by atoms with E-state index in [-0.39, 0.29) is 22.4 Å². The van der Waals surface area contributed by atoms with Crippen LogP contribution in [-0.2, 0) is 10.0 Å². The SMILES string of the molecule is C[C@H]1[C@@H](NS(=O)(=O)c2cccc(C(=O)[O-])c2)CCC[C@@H]1C. The summed E-state index contributed by atoms with van der Waals surface area (Å²) >= 11 is 0. The first-order chi connectivity index (χ1) is 9.81. The molecule has 0 bridgehead atoms. The van der Waals surface area contributed by atoms with Crippen molar-refractivity contribution >= 4 is 16.0 Å². The Morgan fingerprint density at radius 3 is 2.67 bits per heavy atom. The number of aromatic carboxylic acids is 1. The number of nitrogens with one attached hydrogen (secondary N) is 1. The number of carboxylic acid groups (broad SMARTS) is 1. The Labute approximate surface area is 125 Å². The lowest BCUT2D eigenvalue weighted by Crippen LogP contribution is -2.43. The van der Waals surface area contributed by atoms with Crippen LogP contribution in [0.1, 0.15) is 43.5 Å². The molecule has 0 aromatic heterocycles. The predicted octanol–water partition coefficient (Wildman–Crippen LogP) is 1.15. The number of benzene rings is 1. The molecule has 1 fully saturated rings. The van der Waals surface area contributed by atoms with Gasteiger partial charge in [0, 0.05) is 6.04 Å². The maximum Gasteiger partial charge on any atom is 0.240 e. The largest absolute Gasteiger partial charge is 0.545 e. The van der Waals surface area contributed by atoms with Gasteiger partial charge in [0.2, 0.25) is 10.0 Å². The molecule has 0 amide bonds. The summed E-state index contributed by atoms with van der Waals surface area (Å²) in [6.45, 7) is 4.18. The molecule has 1 aromatic carbocycles. The van der Waals surface area contributed by atoms with Crippen molar-refractivity contribution in [1.29, 1.82) is 0 Å². The zero-order valence-corrected chi connectivity index (χ0v) is 13.0. The maximum absolute atomic E-state index is 12.4. The lowest BCUT2D eigenvalue weighted by Gasteiger charge is -2.34. The van der Waals surface area contributed by atoms with Crippen LogP contribution in [0, 0.1) is 11.8 Å². The van der Waals surface area contributed by atoms with Gasteiger partial charge in [0.15, 0.2) is 0 Å². The Kier molecular flexibility index (Phi) is 4.68. The van der Waals surface area contributed by atoms with Crippen LogP contribution in [0.2, 0.25) is 0 Å². The molecule has 1 aliphatic carbocycles. The van der Waals surface area contributed by atoms with Gasteiger partial charge in [0.1, 0.15) is 0 Å². The van der Waals surface area contributed by atoms with Crippen molar-refractivity contribution in [2.75, 3.05) is 0 Å². The van der Waals surface area contributed by atoms with Crippen LogP contribution in [0.4, 0.5) is 0 Å². The zero-order valence-electron chi connectivity index (χ0n) is 12.2. The second-order valence-corrected chi connectivity index (χ2v) is 7.52. The van der Waals surface area contributed by atoms with Crippen LogP contribution in [-0.4, -0.2) is 20.4 Å². The molecule has 1 N–H and O–H groups in total. The quantitative estimate of drug-likeness (QED) is 0.904. The minimum atomic E-state index is -3.71. The van der Waals surface area contributed by atoms with Gasteiger partial charge in [0.25, 0.3) is 0 Å². The molecule has 1 aromatic rings. The highest BCUT2D eigenvalue weighted by molar-refractivity contribution is 7.89. The lowest BCUT2D eigenvalue weighted by molar-refractivity contribution is -0.255. The van der Waals surface area contributed by atoms with Crippen LogP contribution in [0.25, 0.3) is 0 Å². The third-order valence-corrected chi connectivity index (χ3v) is 5.88. The van der Waals surface area contributed by atoms with Gasteiger partial charge >= 0.3 is 0 Å². The second kappa shape index (κ2) is 6.15. The second-order valence-electron chi connectivity index (χ2n) is 5.81. The van der Waals surface area contributed by atoms with Crippen molar-refractivity contribution < 1.29 is 18.3 Å². The van der Waals surface area contributed by atoms with Crippen LogP contribution >= 0.6 is 0 Å². The van der Waals surface area contributed by atoms with Crippen molar-refractivity contribution in [2.24, 2.45) is 11.8 Å². The van der Waals surface area contributed by atoms with E-state index in [1.165, 1.54) is 18.2 Å². The molecule has 0 radical (unpaired) electrons. The number of hydrogen-bond donors (Lipinski definition) is 1. The molecule has 1 aliphatic rings. The van der Waals surface area contributed by atoms with E-state index in [1.807, 2.05) is 0 Å². The summed E-state index contributed by atoms with van der Waals surface area (Å²) in [5, 5.41) is 10.8. The summed E-state index contributed by atoms with van der Waals surface area (Å²) in [5.41, 5.74) is -0.136. The topological polar surface area (TPSA) is 86.3 Å². The van der Waals surface area contributed by atoms with Crippen molar-refractivity contribution in [3.8, 4) is 0 Å². The minimum absolute atomic E-state index is 0.0328. The first kappa shape index (κ1) is 16.0. The van der Waals surface area contributed by atoms with Crippen molar-refractivity contribution in [3.05, 3.63) is 29.8 Å². The monoisotopic (exact) mass is 310 g/mol. The Balaban J connectivity index is 2.22. The van der Waals surface area contributed by atoms with Gasteiger partial charge < -0.3 is 9.90 Å². The number of sulfonamides is 1. The van der Waals surface area contributed by atoms with E-state index in [9.17, 15) is 18.3 Å². The fraction of sp³-hybridized carbons (Fsp3) is 0.533. The van der Waals surface area contributed by atoms with E-state index in [4.69, 9.17) is 0 Å². The van der Waals surface area contributed by atoms with Crippen molar-refractivity contribution in [2.45, 2.75) is 44.0 Å². The van der Waals surface area contributed by atoms with Gasteiger partial charge in [-0.3, -0.25) is 0 Å². The molecule has 3 atom stereocenters. The Bertz CT molecular complexity index is 626. The molecule has 0 heterocycles. The molecule has 21 heavy (non-hydrogen) atoms. The summed E-state index contributed by atoms with van der Waals surface area (Å²) in [6.07, 6.45) is 2.92. The van der Waals surface area contributed by atoms with Crippen molar-refractivity contribution in [1.82, 2.24) is 4.72 Å². The Morgan fingerprint density at radius 1 is 1.29 bits per heavy atom. The van der Waals surface area contributed by atoms with E-state index in [0.717, 1.165) is 25.3 Å². The summed E-state index contributed by atoms with van der Waals surface area (Å²) < 4.78 is 27.5. The molecule has 5 nitrogen and oxygen atoms in total. The molecule has 0 saturated heterocycles. The van der Waals surface area contributed by atoms with Gasteiger partial charge in [-0.2, -0.15) is 0 Å². The number of carboxylic acids is 1. The summed E-state index contributed by atoms with van der Waals surface area (Å²) in [6, 6.07) is 5.15. The maximum atomic E-state index is 12.4. The van der Waals surface area contributed by atoms with E-state index in [2.05, 4.69) is 18.6 Å². The molecule has 6 heteroatoms. The summed E-state index contributed by atoms with van der Waals surface area (Å²) in [4.78, 5) is 10.8. The third kappa shape index (κ3) is 3.63. The minimum Gasteiger partial charge on any atom is -0.545 e. The van der Waals surface area contributed by atoms with Crippen LogP contribution in [0.5, 0.6) is 0 Å². The fourth-order valence-electron chi connectivity index (χ4n) is 2.81. The number of carbonyl (C=O) groups excluding carboxylic acids is 1. The van der Waals surface area contributed by atoms with Gasteiger partial charge in [-0.15, -0.1) is 0 Å². The van der Waals surface area contributed by atoms with E-state index < -0.39 is 16.0 Å². The zero-order chi connectivity index (χ0) is 15.6. The molecule has 1 saturated carbocycles. The van der Waals surface area contributed by atoms with Gasteiger partial charge in [0.05, 0.1) is 10.9 Å². The molecule has 0 spiro atoms. The summed E-state index contributed by atoms with van der Waals surface area (Å²) in [5.74, 6) is -0.648. The van der Waals surface area contributed by atoms with Crippen LogP contribution in [0.15, 0.2) is 29.2 Å². The number of hydrogen-bond acceptors (Lipinski definition) is 4. The summed E-state index contributed by atoms with van der Waals surface area (Å²) in [7, 11) is -3.71. The molecular formula is C15H20NO4S-. The smallest absolute Gasteiger partial charge is 0.240 e. The Hall–Kier alpha value is -1.40. The standard InChI is InChI=1S/C15H21NO4S/c1-10-5-3-8-14(11(10)2)16-21(19,20)13-7-4-6-12(9-13)15(17)18/h4,6-7,9-11,14,16H,3,5,8H2,1-2H3,(H,17,18)/p-1/t10-,11+,14-/m0/s1. The average molecular weight is 310 g/mol. The average Bonchev–Trinajstić information content (AvgIpc) is 2.44. The molecular weight excluding hydrogens is 290 g/mol. The first-order valence-electron chi connectivity index (χ1n) is 7.15. The molecule has 0 aliphatic heterocycles. The molecule has 0 unspecified atom stereocenters. The third-order valence-electron chi connectivity index (χ3n) is 4.39. The van der Waals surface area contributed by atoms with Gasteiger partial charge in [-0.1, -0.05) is 38.8 Å². The van der Waals surface area contributed by atoms with Crippen molar-refractivity contribution in [3.63, 3.8) is 0 Å². The van der Waals surface area contributed by atoms with E-state index >= 15 is 0 Å². The lowest BCUT2D eigenvalue weighted by atomic mass is 9.78. The number of rotatable bonds is 4. The first-order valence-corrected chi connectivity index (χ1v) is 8.63. The highest BCUT2D eigenvalue weighted by Gasteiger charge is 2.30. The predicted molar refractivity (Wildman–Crippen MR) is 77.1 cm³/mol. The highest BCUT2D eigenvalue weighted by Crippen LogP contribution is 2.30. The Morgan fingerprint density at radius 2 is 2.00 bits per heavy atom. The normalized spacial score (nSPS) is 26.5.